The van der Waals surface area contributed by atoms with Crippen LogP contribution in [0.15, 0.2) is 18.2 Å². The summed E-state index contributed by atoms with van der Waals surface area (Å²) >= 11 is 0. The van der Waals surface area contributed by atoms with E-state index in [1.165, 1.54) is 0 Å². The molecule has 6 nitrogen and oxygen atoms in total. The minimum atomic E-state index is -0.880. The van der Waals surface area contributed by atoms with Gasteiger partial charge in [-0.25, -0.2) is 4.39 Å². The first-order valence-corrected chi connectivity index (χ1v) is 6.38. The van der Waals surface area contributed by atoms with Crippen molar-refractivity contribution >= 4 is 11.6 Å². The summed E-state index contributed by atoms with van der Waals surface area (Å²) in [5.41, 5.74) is -0.918. The standard InChI is InChI=1S/C13H16FN3O3/c1-13(4-6-15-7-5-13)16-12(18)10-3-2-9(17(19)20)8-11(10)14/h2-3,8,15H,4-7H2,1H3,(H,16,18). The largest absolute Gasteiger partial charge is 0.347 e. The lowest BCUT2D eigenvalue weighted by Gasteiger charge is -2.35. The van der Waals surface area contributed by atoms with E-state index in [1.54, 1.807) is 0 Å². The zero-order chi connectivity index (χ0) is 14.8. The Bertz CT molecular complexity index is 542. The molecule has 1 amide bonds. The summed E-state index contributed by atoms with van der Waals surface area (Å²) in [5.74, 6) is -1.42. The van der Waals surface area contributed by atoms with E-state index < -0.39 is 16.6 Å². The van der Waals surface area contributed by atoms with Crippen LogP contribution in [0.5, 0.6) is 0 Å². The lowest BCUT2D eigenvalue weighted by molar-refractivity contribution is -0.385. The molecule has 0 bridgehead atoms. The molecule has 0 unspecified atom stereocenters. The maximum atomic E-state index is 13.8. The van der Waals surface area contributed by atoms with Crippen LogP contribution < -0.4 is 10.6 Å². The fourth-order valence-corrected chi connectivity index (χ4v) is 2.25. The molecule has 108 valence electrons. The summed E-state index contributed by atoms with van der Waals surface area (Å²) in [7, 11) is 0. The zero-order valence-electron chi connectivity index (χ0n) is 11.1. The van der Waals surface area contributed by atoms with Crippen LogP contribution in [0.3, 0.4) is 0 Å². The van der Waals surface area contributed by atoms with Crippen molar-refractivity contribution < 1.29 is 14.1 Å². The molecular weight excluding hydrogens is 265 g/mol. The van der Waals surface area contributed by atoms with Crippen molar-refractivity contribution in [2.75, 3.05) is 13.1 Å². The Morgan fingerprint density at radius 3 is 2.65 bits per heavy atom. The summed E-state index contributed by atoms with van der Waals surface area (Å²) in [6.07, 6.45) is 1.51. The van der Waals surface area contributed by atoms with Crippen LogP contribution in [0.25, 0.3) is 0 Å². The summed E-state index contributed by atoms with van der Waals surface area (Å²) in [4.78, 5) is 21.9. The fraction of sp³-hybridized carbons (Fsp3) is 0.462. The predicted molar refractivity (Wildman–Crippen MR) is 71.0 cm³/mol. The summed E-state index contributed by atoms with van der Waals surface area (Å²) in [6, 6.07) is 3.04. The van der Waals surface area contributed by atoms with Gasteiger partial charge in [-0.1, -0.05) is 0 Å². The molecule has 2 N–H and O–H groups in total. The third-order valence-corrected chi connectivity index (χ3v) is 3.53. The van der Waals surface area contributed by atoms with Gasteiger partial charge in [0.2, 0.25) is 0 Å². The van der Waals surface area contributed by atoms with E-state index in [4.69, 9.17) is 0 Å². The van der Waals surface area contributed by atoms with Crippen LogP contribution in [-0.2, 0) is 0 Å². The SMILES string of the molecule is CC1(NC(=O)c2ccc([N+](=O)[O-])cc2F)CCNCC1. The van der Waals surface area contributed by atoms with Gasteiger partial charge in [-0.05, 0) is 38.9 Å². The number of piperidine rings is 1. The molecule has 0 aromatic heterocycles. The van der Waals surface area contributed by atoms with Crippen LogP contribution in [0.2, 0.25) is 0 Å². The minimum Gasteiger partial charge on any atom is -0.347 e. The normalized spacial score (nSPS) is 17.5. The number of nitro benzene ring substituents is 1. The molecule has 7 heteroatoms. The van der Waals surface area contributed by atoms with Gasteiger partial charge in [0.1, 0.15) is 5.82 Å². The Balaban J connectivity index is 2.15. The number of halogens is 1. The molecule has 1 aromatic rings. The first kappa shape index (κ1) is 14.4. The molecule has 1 fully saturated rings. The highest BCUT2D eigenvalue weighted by Gasteiger charge is 2.29. The molecule has 0 saturated carbocycles. The fourth-order valence-electron chi connectivity index (χ4n) is 2.25. The maximum Gasteiger partial charge on any atom is 0.272 e. The van der Waals surface area contributed by atoms with Crippen molar-refractivity contribution in [1.82, 2.24) is 10.6 Å². The zero-order valence-corrected chi connectivity index (χ0v) is 11.1. The smallest absolute Gasteiger partial charge is 0.272 e. The van der Waals surface area contributed by atoms with Gasteiger partial charge in [-0.2, -0.15) is 0 Å². The Labute approximate surface area is 115 Å². The van der Waals surface area contributed by atoms with Crippen LogP contribution in [-0.4, -0.2) is 29.5 Å². The third-order valence-electron chi connectivity index (χ3n) is 3.53. The maximum absolute atomic E-state index is 13.8. The van der Waals surface area contributed by atoms with Crippen LogP contribution in [0, 0.1) is 15.9 Å². The van der Waals surface area contributed by atoms with Crippen LogP contribution in [0.4, 0.5) is 10.1 Å². The average molecular weight is 281 g/mol. The van der Waals surface area contributed by atoms with Gasteiger partial charge in [0.05, 0.1) is 16.6 Å². The second kappa shape index (κ2) is 5.54. The van der Waals surface area contributed by atoms with Crippen LogP contribution in [0.1, 0.15) is 30.1 Å². The number of amides is 1. The van der Waals surface area contributed by atoms with Gasteiger partial charge in [-0.3, -0.25) is 14.9 Å². The highest BCUT2D eigenvalue weighted by atomic mass is 19.1. The van der Waals surface area contributed by atoms with E-state index in [1.807, 2.05) is 6.92 Å². The number of nitro groups is 1. The predicted octanol–water partition coefficient (Wildman–Crippen LogP) is 1.61. The summed E-state index contributed by atoms with van der Waals surface area (Å²) < 4.78 is 13.8. The van der Waals surface area contributed by atoms with Gasteiger partial charge >= 0.3 is 0 Å². The third kappa shape index (κ3) is 3.11. The number of rotatable bonds is 3. The lowest BCUT2D eigenvalue weighted by atomic mass is 9.90. The van der Waals surface area contributed by atoms with Crippen molar-refractivity contribution in [3.05, 3.63) is 39.7 Å². The summed E-state index contributed by atoms with van der Waals surface area (Å²) in [5, 5.41) is 16.5. The van der Waals surface area contributed by atoms with Crippen molar-refractivity contribution in [2.45, 2.75) is 25.3 Å². The first-order chi connectivity index (χ1) is 9.41. The first-order valence-electron chi connectivity index (χ1n) is 6.38. The van der Waals surface area contributed by atoms with Crippen LogP contribution >= 0.6 is 0 Å². The molecule has 1 heterocycles. The molecular formula is C13H16FN3O3. The lowest BCUT2D eigenvalue weighted by Crippen LogP contribution is -2.52. The van der Waals surface area contributed by atoms with Gasteiger partial charge in [0.25, 0.3) is 11.6 Å². The molecule has 1 aromatic carbocycles. The molecule has 0 spiro atoms. The Hall–Kier alpha value is -2.02. The Morgan fingerprint density at radius 1 is 1.45 bits per heavy atom. The van der Waals surface area contributed by atoms with E-state index in [2.05, 4.69) is 10.6 Å². The number of benzene rings is 1. The van der Waals surface area contributed by atoms with Crippen molar-refractivity contribution in [2.24, 2.45) is 0 Å². The van der Waals surface area contributed by atoms with Gasteiger partial charge in [-0.15, -0.1) is 0 Å². The topological polar surface area (TPSA) is 84.3 Å². The number of carbonyl (C=O) groups is 1. The van der Waals surface area contributed by atoms with Crippen molar-refractivity contribution in [3.8, 4) is 0 Å². The van der Waals surface area contributed by atoms with Gasteiger partial charge in [0, 0.05) is 11.6 Å². The van der Waals surface area contributed by atoms with E-state index in [0.29, 0.717) is 0 Å². The van der Waals surface area contributed by atoms with Gasteiger partial charge in [0.15, 0.2) is 0 Å². The summed E-state index contributed by atoms with van der Waals surface area (Å²) in [6.45, 7) is 3.49. The molecule has 1 saturated heterocycles. The highest BCUT2D eigenvalue weighted by molar-refractivity contribution is 5.95. The molecule has 0 radical (unpaired) electrons. The van der Waals surface area contributed by atoms with Crippen molar-refractivity contribution in [3.63, 3.8) is 0 Å². The molecule has 1 aliphatic heterocycles. The molecule has 20 heavy (non-hydrogen) atoms. The van der Waals surface area contributed by atoms with E-state index in [0.717, 1.165) is 44.1 Å². The Morgan fingerprint density at radius 2 is 2.10 bits per heavy atom. The number of hydrogen-bond donors (Lipinski definition) is 2. The molecule has 2 rings (SSSR count). The number of non-ortho nitro benzene ring substituents is 1. The van der Waals surface area contributed by atoms with E-state index in [-0.39, 0.29) is 16.8 Å². The van der Waals surface area contributed by atoms with Gasteiger partial charge < -0.3 is 10.6 Å². The second-order valence-corrected chi connectivity index (χ2v) is 5.19. The average Bonchev–Trinajstić information content (AvgIpc) is 2.38. The molecule has 0 atom stereocenters. The second-order valence-electron chi connectivity index (χ2n) is 5.19. The van der Waals surface area contributed by atoms with Crippen molar-refractivity contribution in [1.29, 1.82) is 0 Å². The molecule has 1 aliphatic rings. The minimum absolute atomic E-state index is 0.171. The highest BCUT2D eigenvalue weighted by Crippen LogP contribution is 2.20. The quantitative estimate of drug-likeness (QED) is 0.651. The van der Waals surface area contributed by atoms with E-state index >= 15 is 0 Å². The molecule has 0 aliphatic carbocycles. The number of carbonyl (C=O) groups excluding carboxylic acids is 1. The number of nitrogens with one attached hydrogen (secondary N) is 2. The number of nitrogens with zero attached hydrogens (tertiary/aromatic N) is 1. The van der Waals surface area contributed by atoms with E-state index in [9.17, 15) is 19.3 Å². The Kier molecular flexibility index (Phi) is 3.99. The monoisotopic (exact) mass is 281 g/mol. The number of hydrogen-bond acceptors (Lipinski definition) is 4.